The van der Waals surface area contributed by atoms with Gasteiger partial charge in [-0.05, 0) is 12.5 Å². The summed E-state index contributed by atoms with van der Waals surface area (Å²) in [6.07, 6.45) is 3.22. The zero-order chi connectivity index (χ0) is 16.1. The smallest absolute Gasteiger partial charge is 0.152 e. The van der Waals surface area contributed by atoms with Gasteiger partial charge in [-0.15, -0.1) is 0 Å². The van der Waals surface area contributed by atoms with Crippen LogP contribution >= 0.6 is 0 Å². The number of nitrogen functional groups attached to an aromatic ring is 1. The van der Waals surface area contributed by atoms with Gasteiger partial charge in [-0.3, -0.25) is 0 Å². The molecule has 0 unspecified atom stereocenters. The van der Waals surface area contributed by atoms with Crippen LogP contribution < -0.4 is 5.73 Å². The largest absolute Gasteiger partial charge is 0.382 e. The lowest BCUT2D eigenvalue weighted by Crippen LogP contribution is -2.03. The maximum atomic E-state index is 6.10. The average molecular weight is 298 g/mol. The summed E-state index contributed by atoms with van der Waals surface area (Å²) >= 11 is 0. The second-order valence-corrected chi connectivity index (χ2v) is 5.10. The van der Waals surface area contributed by atoms with Crippen LogP contribution in [-0.4, -0.2) is 14.5 Å². The van der Waals surface area contributed by atoms with Gasteiger partial charge in [0, 0.05) is 18.4 Å². The number of pyridine rings is 1. The molecule has 2 heterocycles. The van der Waals surface area contributed by atoms with Gasteiger partial charge in [0.2, 0.25) is 0 Å². The maximum absolute atomic E-state index is 6.10. The van der Waals surface area contributed by atoms with Gasteiger partial charge < -0.3 is 10.3 Å². The Morgan fingerprint density at radius 2 is 1.82 bits per heavy atom. The lowest BCUT2D eigenvalue weighted by Gasteiger charge is -2.09. The Bertz CT molecular complexity index is 758. The number of unbranched alkanes of at least 4 members (excludes halogenated alkanes) is 1. The zero-order valence-electron chi connectivity index (χ0n) is 14.1. The number of benzene rings is 1. The van der Waals surface area contributed by atoms with Gasteiger partial charge in [0.15, 0.2) is 5.82 Å². The molecule has 0 fully saturated rings. The predicted octanol–water partition coefficient (Wildman–Crippen LogP) is 4.56. The van der Waals surface area contributed by atoms with E-state index in [1.807, 2.05) is 32.0 Å². The highest BCUT2D eigenvalue weighted by molar-refractivity contribution is 6.06. The van der Waals surface area contributed by atoms with E-state index < -0.39 is 0 Å². The number of rotatable bonds is 4. The minimum absolute atomic E-state index is 0.531. The van der Waals surface area contributed by atoms with E-state index in [-0.39, 0.29) is 0 Å². The van der Waals surface area contributed by atoms with E-state index in [0.717, 1.165) is 47.1 Å². The van der Waals surface area contributed by atoms with E-state index in [0.29, 0.717) is 5.82 Å². The van der Waals surface area contributed by atoms with Crippen LogP contribution in [0.25, 0.3) is 21.9 Å². The molecule has 0 aliphatic heterocycles. The lowest BCUT2D eigenvalue weighted by atomic mass is 10.2. The second-order valence-electron chi connectivity index (χ2n) is 5.10. The minimum atomic E-state index is 0.531. The molecule has 0 atom stereocenters. The van der Waals surface area contributed by atoms with Crippen molar-refractivity contribution >= 4 is 27.8 Å². The molecule has 1 aromatic carbocycles. The highest BCUT2D eigenvalue weighted by atomic mass is 15.1. The Morgan fingerprint density at radius 3 is 2.50 bits per heavy atom. The first-order valence-corrected chi connectivity index (χ1v) is 8.29. The van der Waals surface area contributed by atoms with Crippen LogP contribution in [-0.2, 0) is 13.0 Å². The molecule has 0 amide bonds. The van der Waals surface area contributed by atoms with Gasteiger partial charge in [-0.1, -0.05) is 52.3 Å². The molecule has 2 aromatic heterocycles. The quantitative estimate of drug-likeness (QED) is 0.768. The van der Waals surface area contributed by atoms with Gasteiger partial charge in [0.1, 0.15) is 11.3 Å². The van der Waals surface area contributed by atoms with Crippen molar-refractivity contribution in [3.05, 3.63) is 30.1 Å². The molecule has 4 heteroatoms. The van der Waals surface area contributed by atoms with Crippen molar-refractivity contribution in [2.24, 2.45) is 0 Å². The maximum Gasteiger partial charge on any atom is 0.152 e. The molecule has 0 aliphatic carbocycles. The van der Waals surface area contributed by atoms with Gasteiger partial charge in [0.25, 0.3) is 0 Å². The molecule has 0 aliphatic rings. The number of aryl methyl sites for hydroxylation is 2. The van der Waals surface area contributed by atoms with Crippen LogP contribution in [0, 0.1) is 0 Å². The number of nitrogens with zero attached hydrogens (tertiary/aromatic N) is 3. The number of aromatic nitrogens is 3. The fraction of sp³-hybridized carbons (Fsp3) is 0.444. The van der Waals surface area contributed by atoms with E-state index in [1.54, 1.807) is 0 Å². The molecule has 22 heavy (non-hydrogen) atoms. The standard InChI is InChI=1S/C16H20N4.C2H6/c1-3-5-10-20-13(4-2)19-14-15(20)11-8-6-7-9-12(11)18-16(14)17;1-2/h6-9H,3-5,10H2,1-2H3,(H2,17,18);1-2H3. The van der Waals surface area contributed by atoms with Crippen molar-refractivity contribution in [2.75, 3.05) is 5.73 Å². The summed E-state index contributed by atoms with van der Waals surface area (Å²) in [5.74, 6) is 1.63. The van der Waals surface area contributed by atoms with Crippen LogP contribution in [0.1, 0.15) is 46.4 Å². The molecule has 0 saturated carbocycles. The van der Waals surface area contributed by atoms with Crippen molar-refractivity contribution < 1.29 is 0 Å². The average Bonchev–Trinajstić information content (AvgIpc) is 2.94. The van der Waals surface area contributed by atoms with Crippen molar-refractivity contribution in [3.63, 3.8) is 0 Å². The SMILES string of the molecule is CC.CCCCn1c(CC)nc2c(N)nc3ccccc3c21. The summed E-state index contributed by atoms with van der Waals surface area (Å²) in [5, 5.41) is 1.14. The molecular weight excluding hydrogens is 272 g/mol. The summed E-state index contributed by atoms with van der Waals surface area (Å²) in [6.45, 7) is 9.33. The third-order valence-electron chi connectivity index (χ3n) is 3.74. The van der Waals surface area contributed by atoms with Crippen molar-refractivity contribution in [2.45, 2.75) is 53.5 Å². The van der Waals surface area contributed by atoms with Gasteiger partial charge in [-0.25, -0.2) is 9.97 Å². The third-order valence-corrected chi connectivity index (χ3v) is 3.74. The molecule has 3 aromatic rings. The van der Waals surface area contributed by atoms with E-state index in [2.05, 4.69) is 29.5 Å². The topological polar surface area (TPSA) is 56.7 Å². The Morgan fingerprint density at radius 1 is 1.09 bits per heavy atom. The van der Waals surface area contributed by atoms with Gasteiger partial charge in [0.05, 0.1) is 11.0 Å². The first kappa shape index (κ1) is 16.3. The molecule has 2 N–H and O–H groups in total. The molecular formula is C18H26N4. The number of para-hydroxylation sites is 1. The number of anilines is 1. The Labute approximate surface area is 132 Å². The minimum Gasteiger partial charge on any atom is -0.382 e. The van der Waals surface area contributed by atoms with Crippen LogP contribution in [0.4, 0.5) is 5.82 Å². The van der Waals surface area contributed by atoms with E-state index >= 15 is 0 Å². The first-order chi connectivity index (χ1) is 10.8. The number of hydrogen-bond acceptors (Lipinski definition) is 3. The third kappa shape index (κ3) is 2.78. The first-order valence-electron chi connectivity index (χ1n) is 8.29. The number of hydrogen-bond donors (Lipinski definition) is 1. The summed E-state index contributed by atoms with van der Waals surface area (Å²) in [7, 11) is 0. The molecule has 0 bridgehead atoms. The lowest BCUT2D eigenvalue weighted by molar-refractivity contribution is 0.621. The Balaban J connectivity index is 0.000000847. The monoisotopic (exact) mass is 298 g/mol. The Kier molecular flexibility index (Phi) is 5.36. The molecule has 118 valence electrons. The van der Waals surface area contributed by atoms with Crippen LogP contribution in [0.2, 0.25) is 0 Å². The molecule has 0 spiro atoms. The predicted molar refractivity (Wildman–Crippen MR) is 95.1 cm³/mol. The summed E-state index contributed by atoms with van der Waals surface area (Å²) < 4.78 is 2.32. The van der Waals surface area contributed by atoms with E-state index in [9.17, 15) is 0 Å². The van der Waals surface area contributed by atoms with Crippen LogP contribution in [0.3, 0.4) is 0 Å². The summed E-state index contributed by atoms with van der Waals surface area (Å²) in [6, 6.07) is 8.15. The number of fused-ring (bicyclic) bond motifs is 3. The Hall–Kier alpha value is -2.10. The van der Waals surface area contributed by atoms with E-state index in [4.69, 9.17) is 10.7 Å². The summed E-state index contributed by atoms with van der Waals surface area (Å²) in [5.41, 5.74) is 9.02. The fourth-order valence-corrected chi connectivity index (χ4v) is 2.73. The van der Waals surface area contributed by atoms with E-state index in [1.165, 1.54) is 6.42 Å². The van der Waals surface area contributed by atoms with Crippen molar-refractivity contribution in [3.8, 4) is 0 Å². The highest BCUT2D eigenvalue weighted by Crippen LogP contribution is 2.29. The molecule has 3 rings (SSSR count). The van der Waals surface area contributed by atoms with Crippen molar-refractivity contribution in [1.82, 2.24) is 14.5 Å². The van der Waals surface area contributed by atoms with Crippen molar-refractivity contribution in [1.29, 1.82) is 0 Å². The van der Waals surface area contributed by atoms with Crippen LogP contribution in [0.15, 0.2) is 24.3 Å². The zero-order valence-corrected chi connectivity index (χ0v) is 14.1. The van der Waals surface area contributed by atoms with Gasteiger partial charge >= 0.3 is 0 Å². The molecule has 0 radical (unpaired) electrons. The second kappa shape index (κ2) is 7.25. The van der Waals surface area contributed by atoms with Crippen LogP contribution in [0.5, 0.6) is 0 Å². The highest BCUT2D eigenvalue weighted by Gasteiger charge is 2.15. The molecule has 4 nitrogen and oxygen atoms in total. The number of imidazole rings is 1. The van der Waals surface area contributed by atoms with Gasteiger partial charge in [-0.2, -0.15) is 0 Å². The normalized spacial score (nSPS) is 10.7. The summed E-state index contributed by atoms with van der Waals surface area (Å²) in [4.78, 5) is 9.18. The number of nitrogens with two attached hydrogens (primary N) is 1. The fourth-order valence-electron chi connectivity index (χ4n) is 2.73. The molecule has 0 saturated heterocycles.